The molecule has 3 rings (SSSR count). The molecule has 0 spiro atoms. The molecule has 3 heterocycles. The molecule has 0 radical (unpaired) electrons. The van der Waals surface area contributed by atoms with E-state index >= 15 is 0 Å². The molecule has 22 heavy (non-hydrogen) atoms. The van der Waals surface area contributed by atoms with Crippen molar-refractivity contribution < 1.29 is 13.9 Å². The normalized spacial score (nSPS) is 22.1. The Balaban J connectivity index is 1.96. The van der Waals surface area contributed by atoms with Gasteiger partial charge in [-0.15, -0.1) is 15.3 Å². The van der Waals surface area contributed by atoms with Crippen molar-refractivity contribution in [3.8, 4) is 0 Å². The average Bonchev–Trinajstić information content (AvgIpc) is 3.08. The number of halogens is 2. The van der Waals surface area contributed by atoms with Crippen LogP contribution < -0.4 is 4.90 Å². The number of nitrogens with zero attached hydrogens (tertiary/aromatic N) is 5. The Bertz CT molecular complexity index is 662. The van der Waals surface area contributed by atoms with Crippen LogP contribution in [0.5, 0.6) is 0 Å². The fourth-order valence-corrected chi connectivity index (χ4v) is 3.21. The molecule has 0 saturated carbocycles. The van der Waals surface area contributed by atoms with Crippen LogP contribution in [0.2, 0.25) is 0 Å². The Labute approximate surface area is 126 Å². The van der Waals surface area contributed by atoms with Gasteiger partial charge in [-0.1, -0.05) is 0 Å². The standard InChI is InChI=1S/C14H19F2N5O/c1-14(7-3-9-22)6-2-8-20(14)11-5-4-10-17-18-13(12(15)16)21(10)19-11/h4-5,12,22H,2-3,6-9H2,1H3. The summed E-state index contributed by atoms with van der Waals surface area (Å²) in [6, 6.07) is 3.45. The number of alkyl halides is 2. The van der Waals surface area contributed by atoms with Crippen molar-refractivity contribution in [3.05, 3.63) is 18.0 Å². The molecule has 120 valence electrons. The Hall–Kier alpha value is -1.83. The van der Waals surface area contributed by atoms with Crippen molar-refractivity contribution in [2.75, 3.05) is 18.1 Å². The first-order chi connectivity index (χ1) is 10.5. The number of rotatable bonds is 5. The number of fused-ring (bicyclic) bond motifs is 1. The highest BCUT2D eigenvalue weighted by atomic mass is 19.3. The molecular formula is C14H19F2N5O. The zero-order valence-corrected chi connectivity index (χ0v) is 12.4. The van der Waals surface area contributed by atoms with Gasteiger partial charge in [-0.05, 0) is 44.7 Å². The molecule has 1 saturated heterocycles. The summed E-state index contributed by atoms with van der Waals surface area (Å²) in [6.45, 7) is 3.10. The van der Waals surface area contributed by atoms with Crippen molar-refractivity contribution in [2.24, 2.45) is 0 Å². The minimum absolute atomic E-state index is 0.109. The van der Waals surface area contributed by atoms with Crippen LogP contribution in [0.4, 0.5) is 14.6 Å². The third-order valence-electron chi connectivity index (χ3n) is 4.37. The van der Waals surface area contributed by atoms with Crippen LogP contribution >= 0.6 is 0 Å². The maximum absolute atomic E-state index is 13.0. The molecule has 0 bridgehead atoms. The monoisotopic (exact) mass is 311 g/mol. The quantitative estimate of drug-likeness (QED) is 0.917. The molecule has 1 unspecified atom stereocenters. The number of anilines is 1. The van der Waals surface area contributed by atoms with Crippen molar-refractivity contribution in [1.29, 1.82) is 0 Å². The van der Waals surface area contributed by atoms with E-state index in [4.69, 9.17) is 5.11 Å². The summed E-state index contributed by atoms with van der Waals surface area (Å²) in [4.78, 5) is 2.14. The number of hydrogen-bond donors (Lipinski definition) is 1. The fraction of sp³-hybridized carbons (Fsp3) is 0.643. The van der Waals surface area contributed by atoms with Gasteiger partial charge in [-0.2, -0.15) is 4.52 Å². The minimum atomic E-state index is -2.71. The number of aromatic nitrogens is 4. The summed E-state index contributed by atoms with van der Waals surface area (Å²) in [5, 5.41) is 20.6. The van der Waals surface area contributed by atoms with Gasteiger partial charge in [0.2, 0.25) is 5.82 Å². The van der Waals surface area contributed by atoms with Gasteiger partial charge in [0.1, 0.15) is 5.82 Å². The molecule has 8 heteroatoms. The largest absolute Gasteiger partial charge is 0.396 e. The first-order valence-electron chi connectivity index (χ1n) is 7.44. The minimum Gasteiger partial charge on any atom is -0.396 e. The van der Waals surface area contributed by atoms with Gasteiger partial charge in [-0.3, -0.25) is 0 Å². The van der Waals surface area contributed by atoms with Gasteiger partial charge >= 0.3 is 0 Å². The summed E-state index contributed by atoms with van der Waals surface area (Å²) in [5.41, 5.74) is 0.206. The van der Waals surface area contributed by atoms with Crippen LogP contribution in [0.3, 0.4) is 0 Å². The third kappa shape index (κ3) is 2.51. The average molecular weight is 311 g/mol. The predicted molar refractivity (Wildman–Crippen MR) is 77.0 cm³/mol. The Morgan fingerprint density at radius 3 is 2.91 bits per heavy atom. The molecule has 2 aromatic rings. The predicted octanol–water partition coefficient (Wildman–Crippen LogP) is 2.19. The number of aliphatic hydroxyl groups excluding tert-OH is 1. The van der Waals surface area contributed by atoms with Gasteiger partial charge in [0, 0.05) is 18.7 Å². The summed E-state index contributed by atoms with van der Waals surface area (Å²) < 4.78 is 27.0. The molecule has 1 aliphatic heterocycles. The second-order valence-corrected chi connectivity index (χ2v) is 5.90. The smallest absolute Gasteiger partial charge is 0.299 e. The lowest BCUT2D eigenvalue weighted by Crippen LogP contribution is -2.42. The summed E-state index contributed by atoms with van der Waals surface area (Å²) in [6.07, 6.45) is 0.858. The van der Waals surface area contributed by atoms with Gasteiger partial charge in [0.05, 0.1) is 0 Å². The molecule has 1 atom stereocenters. The molecule has 0 amide bonds. The molecule has 6 nitrogen and oxygen atoms in total. The molecular weight excluding hydrogens is 292 g/mol. The molecule has 0 aliphatic carbocycles. The van der Waals surface area contributed by atoms with Gasteiger partial charge in [0.15, 0.2) is 5.65 Å². The van der Waals surface area contributed by atoms with Crippen molar-refractivity contribution in [2.45, 2.75) is 44.6 Å². The topological polar surface area (TPSA) is 66.5 Å². The molecule has 1 N–H and O–H groups in total. The lowest BCUT2D eigenvalue weighted by atomic mass is 9.93. The zero-order chi connectivity index (χ0) is 15.7. The van der Waals surface area contributed by atoms with E-state index in [0.717, 1.165) is 30.3 Å². The van der Waals surface area contributed by atoms with Gasteiger partial charge in [-0.25, -0.2) is 8.78 Å². The van der Waals surface area contributed by atoms with Crippen LogP contribution in [0.15, 0.2) is 12.1 Å². The maximum atomic E-state index is 13.0. The highest BCUT2D eigenvalue weighted by molar-refractivity contribution is 5.48. The van der Waals surface area contributed by atoms with E-state index < -0.39 is 12.2 Å². The fourth-order valence-electron chi connectivity index (χ4n) is 3.21. The van der Waals surface area contributed by atoms with Crippen LogP contribution in [0.1, 0.15) is 44.9 Å². The van der Waals surface area contributed by atoms with E-state index in [1.165, 1.54) is 0 Å². The van der Waals surface area contributed by atoms with E-state index in [2.05, 4.69) is 27.1 Å². The zero-order valence-electron chi connectivity index (χ0n) is 12.4. The third-order valence-corrected chi connectivity index (χ3v) is 4.37. The number of aliphatic hydroxyl groups is 1. The van der Waals surface area contributed by atoms with Crippen LogP contribution in [-0.4, -0.2) is 43.6 Å². The summed E-state index contributed by atoms with van der Waals surface area (Å²) in [7, 11) is 0. The first-order valence-corrected chi connectivity index (χ1v) is 7.44. The Morgan fingerprint density at radius 2 is 2.18 bits per heavy atom. The van der Waals surface area contributed by atoms with Crippen LogP contribution in [0.25, 0.3) is 5.65 Å². The lowest BCUT2D eigenvalue weighted by Gasteiger charge is -2.36. The molecule has 0 aromatic carbocycles. The second-order valence-electron chi connectivity index (χ2n) is 5.90. The summed E-state index contributed by atoms with van der Waals surface area (Å²) in [5.74, 6) is 0.209. The summed E-state index contributed by atoms with van der Waals surface area (Å²) >= 11 is 0. The van der Waals surface area contributed by atoms with E-state index in [9.17, 15) is 8.78 Å². The Kier molecular flexibility index (Phi) is 3.94. The van der Waals surface area contributed by atoms with Crippen LogP contribution in [0, 0.1) is 0 Å². The van der Waals surface area contributed by atoms with E-state index in [1.54, 1.807) is 12.1 Å². The first kappa shape index (κ1) is 15.1. The van der Waals surface area contributed by atoms with Gasteiger partial charge < -0.3 is 10.0 Å². The SMILES string of the molecule is CC1(CCCO)CCCN1c1ccc2nnc(C(F)F)n2n1. The van der Waals surface area contributed by atoms with Crippen LogP contribution in [-0.2, 0) is 0 Å². The molecule has 2 aromatic heterocycles. The van der Waals surface area contributed by atoms with E-state index in [0.29, 0.717) is 17.9 Å². The maximum Gasteiger partial charge on any atom is 0.299 e. The van der Waals surface area contributed by atoms with E-state index in [1.807, 2.05) is 0 Å². The second kappa shape index (κ2) is 5.75. The van der Waals surface area contributed by atoms with Gasteiger partial charge in [0.25, 0.3) is 6.43 Å². The van der Waals surface area contributed by atoms with Crippen molar-refractivity contribution >= 4 is 11.5 Å². The highest BCUT2D eigenvalue weighted by Crippen LogP contribution is 2.36. The highest BCUT2D eigenvalue weighted by Gasteiger charge is 2.37. The lowest BCUT2D eigenvalue weighted by molar-refractivity contribution is 0.137. The molecule has 1 aliphatic rings. The molecule has 1 fully saturated rings. The van der Waals surface area contributed by atoms with E-state index in [-0.39, 0.29) is 12.1 Å². The van der Waals surface area contributed by atoms with Crippen molar-refractivity contribution in [3.63, 3.8) is 0 Å². The Morgan fingerprint density at radius 1 is 1.36 bits per heavy atom. The van der Waals surface area contributed by atoms with Crippen molar-refractivity contribution in [1.82, 2.24) is 19.8 Å². The number of hydrogen-bond acceptors (Lipinski definition) is 5.